The fraction of sp³-hybridized carbons (Fsp3) is 0.375. The molecule has 0 fully saturated rings. The Kier molecular flexibility index (Phi) is 8.40. The van der Waals surface area contributed by atoms with Crippen LogP contribution in [-0.4, -0.2) is 49.8 Å². The number of aryl methyl sites for hydroxylation is 1. The van der Waals surface area contributed by atoms with Crippen LogP contribution in [0.4, 0.5) is 8.78 Å². The van der Waals surface area contributed by atoms with Crippen molar-refractivity contribution in [2.45, 2.75) is 44.1 Å². The summed E-state index contributed by atoms with van der Waals surface area (Å²) in [4.78, 5) is 12.1. The molecule has 2 aromatic rings. The molecular formula is C24H28F2N2O5S. The summed E-state index contributed by atoms with van der Waals surface area (Å²) in [6.07, 6.45) is -0.760. The van der Waals surface area contributed by atoms with Crippen molar-refractivity contribution in [3.05, 3.63) is 75.7 Å². The number of fused-ring (bicyclic) bond motifs is 1. The number of hydrogen-bond donors (Lipinski definition) is 4. The number of hydrogen-bond acceptors (Lipinski definition) is 6. The van der Waals surface area contributed by atoms with Crippen LogP contribution in [0, 0.1) is 11.6 Å². The van der Waals surface area contributed by atoms with Crippen molar-refractivity contribution in [3.63, 3.8) is 0 Å². The Balaban J connectivity index is 1.81. The predicted molar refractivity (Wildman–Crippen MR) is 124 cm³/mol. The van der Waals surface area contributed by atoms with Crippen LogP contribution in [0.5, 0.6) is 0 Å². The fourth-order valence-corrected chi connectivity index (χ4v) is 5.20. The first kappa shape index (κ1) is 25.8. The van der Waals surface area contributed by atoms with E-state index in [0.29, 0.717) is 11.3 Å². The van der Waals surface area contributed by atoms with E-state index in [1.165, 1.54) is 0 Å². The topological polar surface area (TPSA) is 116 Å². The van der Waals surface area contributed by atoms with Gasteiger partial charge in [0.05, 0.1) is 35.6 Å². The van der Waals surface area contributed by atoms with Crippen molar-refractivity contribution in [2.75, 3.05) is 13.2 Å². The molecule has 2 atom stereocenters. The van der Waals surface area contributed by atoms with Gasteiger partial charge in [-0.3, -0.25) is 4.79 Å². The number of carbonyl (C=O) groups is 1. The van der Waals surface area contributed by atoms with Gasteiger partial charge in [0.25, 0.3) is 0 Å². The number of benzene rings is 2. The number of halogens is 2. The minimum absolute atomic E-state index is 0.0807. The molecule has 10 heteroatoms. The van der Waals surface area contributed by atoms with E-state index >= 15 is 0 Å². The SMILES string of the molecule is CCc1ccc2c(c1)C(NCC(O)C(Cc1cc(F)cc(F)c1)NC(=O)CCO)=CS(=O)(=O)C2. The van der Waals surface area contributed by atoms with Crippen LogP contribution in [0.25, 0.3) is 5.70 Å². The highest BCUT2D eigenvalue weighted by molar-refractivity contribution is 7.93. The average Bonchev–Trinajstić information content (AvgIpc) is 2.75. The van der Waals surface area contributed by atoms with Gasteiger partial charge < -0.3 is 20.8 Å². The Morgan fingerprint density at radius 3 is 2.47 bits per heavy atom. The Bertz CT molecular complexity index is 1160. The van der Waals surface area contributed by atoms with Crippen LogP contribution < -0.4 is 10.6 Å². The quantitative estimate of drug-likeness (QED) is 0.401. The van der Waals surface area contributed by atoms with Crippen molar-refractivity contribution in [2.24, 2.45) is 0 Å². The van der Waals surface area contributed by atoms with Crippen molar-refractivity contribution >= 4 is 21.4 Å². The molecule has 1 aliphatic heterocycles. The second-order valence-corrected chi connectivity index (χ2v) is 10.1. The third-order valence-electron chi connectivity index (χ3n) is 5.56. The first-order valence-electron chi connectivity index (χ1n) is 10.9. The van der Waals surface area contributed by atoms with E-state index in [-0.39, 0.29) is 30.7 Å². The van der Waals surface area contributed by atoms with E-state index in [1.807, 2.05) is 19.1 Å². The summed E-state index contributed by atoms with van der Waals surface area (Å²) in [5.74, 6) is -2.24. The number of aliphatic hydroxyl groups is 2. The van der Waals surface area contributed by atoms with E-state index in [9.17, 15) is 27.1 Å². The number of aliphatic hydroxyl groups excluding tert-OH is 2. The summed E-state index contributed by atoms with van der Waals surface area (Å²) >= 11 is 0. The van der Waals surface area contributed by atoms with Crippen LogP contribution in [0.3, 0.4) is 0 Å². The van der Waals surface area contributed by atoms with Crippen LogP contribution in [0.2, 0.25) is 0 Å². The monoisotopic (exact) mass is 494 g/mol. The average molecular weight is 495 g/mol. The van der Waals surface area contributed by atoms with Gasteiger partial charge in [0.1, 0.15) is 11.6 Å². The number of amides is 1. The van der Waals surface area contributed by atoms with Gasteiger partial charge in [-0.15, -0.1) is 0 Å². The maximum Gasteiger partial charge on any atom is 0.222 e. The molecule has 0 bridgehead atoms. The third-order valence-corrected chi connectivity index (χ3v) is 6.86. The summed E-state index contributed by atoms with van der Waals surface area (Å²) in [6, 6.07) is 7.52. The second-order valence-electron chi connectivity index (χ2n) is 8.26. The summed E-state index contributed by atoms with van der Waals surface area (Å²) < 4.78 is 52.0. The van der Waals surface area contributed by atoms with Gasteiger partial charge in [-0.25, -0.2) is 17.2 Å². The molecule has 1 amide bonds. The fourth-order valence-electron chi connectivity index (χ4n) is 3.86. The molecule has 0 saturated heterocycles. The zero-order valence-corrected chi connectivity index (χ0v) is 19.5. The van der Waals surface area contributed by atoms with Crippen molar-refractivity contribution in [1.29, 1.82) is 0 Å². The zero-order chi connectivity index (χ0) is 24.9. The smallest absolute Gasteiger partial charge is 0.222 e. The van der Waals surface area contributed by atoms with E-state index in [1.54, 1.807) is 6.07 Å². The van der Waals surface area contributed by atoms with Gasteiger partial charge in [-0.2, -0.15) is 0 Å². The molecule has 0 spiro atoms. The Morgan fingerprint density at radius 1 is 1.12 bits per heavy atom. The molecule has 1 heterocycles. The van der Waals surface area contributed by atoms with Crippen LogP contribution in [-0.2, 0) is 33.2 Å². The lowest BCUT2D eigenvalue weighted by Gasteiger charge is -2.27. The minimum atomic E-state index is -3.50. The lowest BCUT2D eigenvalue weighted by atomic mass is 9.99. The number of rotatable bonds is 10. The first-order valence-corrected chi connectivity index (χ1v) is 12.7. The third kappa shape index (κ3) is 6.85. The molecule has 0 aliphatic carbocycles. The summed E-state index contributed by atoms with van der Waals surface area (Å²) in [6.45, 7) is 1.44. The Hall–Kier alpha value is -2.82. The molecule has 1 aliphatic rings. The molecule has 184 valence electrons. The molecule has 7 nitrogen and oxygen atoms in total. The van der Waals surface area contributed by atoms with Gasteiger partial charge in [-0.1, -0.05) is 19.1 Å². The molecule has 0 saturated carbocycles. The van der Waals surface area contributed by atoms with Crippen molar-refractivity contribution < 1.29 is 32.2 Å². The number of sulfone groups is 1. The van der Waals surface area contributed by atoms with Gasteiger partial charge >= 0.3 is 0 Å². The normalized spacial score (nSPS) is 16.2. The first-order chi connectivity index (χ1) is 16.1. The van der Waals surface area contributed by atoms with Gasteiger partial charge in [0.15, 0.2) is 9.84 Å². The van der Waals surface area contributed by atoms with Gasteiger partial charge in [0.2, 0.25) is 5.91 Å². The van der Waals surface area contributed by atoms with E-state index in [4.69, 9.17) is 5.11 Å². The standard InChI is InChI=1S/C24H28F2N2O5S/c1-2-15-3-4-17-13-34(32,33)14-22(20(17)9-15)27-12-23(30)21(28-24(31)5-6-29)10-16-7-18(25)11-19(26)8-16/h3-4,7-9,11,14,21,23,27,29-30H,2,5-6,10,12-13H2,1H3,(H,28,31). The van der Waals surface area contributed by atoms with E-state index in [0.717, 1.165) is 41.2 Å². The molecule has 0 aromatic heterocycles. The van der Waals surface area contributed by atoms with E-state index in [2.05, 4.69) is 10.6 Å². The Morgan fingerprint density at radius 2 is 1.82 bits per heavy atom. The highest BCUT2D eigenvalue weighted by Gasteiger charge is 2.26. The Labute approximate surface area is 197 Å². The van der Waals surface area contributed by atoms with Crippen molar-refractivity contribution in [1.82, 2.24) is 10.6 Å². The van der Waals surface area contributed by atoms with Crippen LogP contribution in [0.1, 0.15) is 35.6 Å². The maximum absolute atomic E-state index is 13.6. The molecular weight excluding hydrogens is 466 g/mol. The predicted octanol–water partition coefficient (Wildman–Crippen LogP) is 1.81. The lowest BCUT2D eigenvalue weighted by molar-refractivity contribution is -0.123. The highest BCUT2D eigenvalue weighted by Crippen LogP contribution is 2.28. The van der Waals surface area contributed by atoms with Gasteiger partial charge in [-0.05, 0) is 47.7 Å². The molecule has 2 unspecified atom stereocenters. The molecule has 4 N–H and O–H groups in total. The number of nitrogens with one attached hydrogen (secondary N) is 2. The molecule has 3 rings (SSSR count). The van der Waals surface area contributed by atoms with Crippen LogP contribution in [0.15, 0.2) is 41.8 Å². The molecule has 34 heavy (non-hydrogen) atoms. The number of carbonyl (C=O) groups excluding carboxylic acids is 1. The zero-order valence-electron chi connectivity index (χ0n) is 18.7. The maximum atomic E-state index is 13.6. The molecule has 0 radical (unpaired) electrons. The summed E-state index contributed by atoms with van der Waals surface area (Å²) in [5.41, 5.74) is 2.93. The minimum Gasteiger partial charge on any atom is -0.396 e. The molecule has 2 aromatic carbocycles. The van der Waals surface area contributed by atoms with Crippen molar-refractivity contribution in [3.8, 4) is 0 Å². The van der Waals surface area contributed by atoms with Gasteiger partial charge in [0, 0.05) is 24.6 Å². The highest BCUT2D eigenvalue weighted by atomic mass is 32.2. The lowest BCUT2D eigenvalue weighted by Crippen LogP contribution is -2.48. The second kappa shape index (κ2) is 11.1. The largest absolute Gasteiger partial charge is 0.396 e. The van der Waals surface area contributed by atoms with E-state index < -0.39 is 46.1 Å². The van der Waals surface area contributed by atoms with Crippen LogP contribution >= 0.6 is 0 Å². The summed E-state index contributed by atoms with van der Waals surface area (Å²) in [5, 5.41) is 26.5. The summed E-state index contributed by atoms with van der Waals surface area (Å²) in [7, 11) is -3.50.